The molecule has 0 amide bonds. The molecule has 0 aliphatic carbocycles. The van der Waals surface area contributed by atoms with Gasteiger partial charge in [-0.2, -0.15) is 0 Å². The fourth-order valence-electron chi connectivity index (χ4n) is 4.75. The number of rotatable bonds is 5. The van der Waals surface area contributed by atoms with E-state index in [4.69, 9.17) is 0 Å². The van der Waals surface area contributed by atoms with Crippen molar-refractivity contribution < 1.29 is 0 Å². The summed E-state index contributed by atoms with van der Waals surface area (Å²) < 4.78 is 3.55. The number of aromatic amines is 2. The van der Waals surface area contributed by atoms with Crippen LogP contribution in [0.25, 0.3) is 21.9 Å². The molecule has 8 heteroatoms. The lowest BCUT2D eigenvalue weighted by Gasteiger charge is -2.33. The lowest BCUT2D eigenvalue weighted by molar-refractivity contribution is 0.182. The standard InChI is InChI=1S/C23H25N5O3/c29-21-17-6-1-3-8-19(17)28(23(31)25-21)16-10-14-26(15-11-16)12-5-13-27-20-9-4-2-7-18(20)24-22(27)30/h1-4,6-9,16H,5,10-15H2,(H,24,30)(H,25,29,31). The van der Waals surface area contributed by atoms with Gasteiger partial charge >= 0.3 is 11.4 Å². The fraction of sp³-hybridized carbons (Fsp3) is 0.348. The molecule has 5 rings (SSSR count). The third kappa shape index (κ3) is 3.63. The second-order valence-corrected chi connectivity index (χ2v) is 8.17. The summed E-state index contributed by atoms with van der Waals surface area (Å²) >= 11 is 0. The number of para-hydroxylation sites is 3. The SMILES string of the molecule is O=c1[nH]c(=O)n(C2CCN(CCCn3c(=O)[nH]c4ccccc43)CC2)c2ccccc12. The Kier molecular flexibility index (Phi) is 5.07. The van der Waals surface area contributed by atoms with Crippen LogP contribution in [0.4, 0.5) is 0 Å². The molecule has 0 bridgehead atoms. The number of nitrogens with one attached hydrogen (secondary N) is 2. The first-order chi connectivity index (χ1) is 15.1. The molecule has 1 aliphatic rings. The van der Waals surface area contributed by atoms with Crippen molar-refractivity contribution in [3.63, 3.8) is 0 Å². The topological polar surface area (TPSA) is 95.9 Å². The highest BCUT2D eigenvalue weighted by molar-refractivity contribution is 5.77. The minimum atomic E-state index is -0.333. The monoisotopic (exact) mass is 419 g/mol. The molecular weight excluding hydrogens is 394 g/mol. The van der Waals surface area contributed by atoms with Crippen molar-refractivity contribution >= 4 is 21.9 Å². The van der Waals surface area contributed by atoms with Gasteiger partial charge in [0.15, 0.2) is 0 Å². The van der Waals surface area contributed by atoms with E-state index in [1.54, 1.807) is 15.2 Å². The number of hydrogen-bond donors (Lipinski definition) is 2. The highest BCUT2D eigenvalue weighted by Crippen LogP contribution is 2.24. The van der Waals surface area contributed by atoms with Crippen LogP contribution in [0.15, 0.2) is 62.9 Å². The van der Waals surface area contributed by atoms with Crippen molar-refractivity contribution in [1.82, 2.24) is 24.0 Å². The molecule has 4 aromatic rings. The first-order valence-electron chi connectivity index (χ1n) is 10.8. The maximum Gasteiger partial charge on any atom is 0.329 e. The minimum Gasteiger partial charge on any atom is -0.306 e. The number of fused-ring (bicyclic) bond motifs is 2. The van der Waals surface area contributed by atoms with E-state index in [0.29, 0.717) is 17.4 Å². The number of likely N-dealkylation sites (tertiary alicyclic amines) is 1. The smallest absolute Gasteiger partial charge is 0.306 e. The van der Waals surface area contributed by atoms with Crippen molar-refractivity contribution in [2.75, 3.05) is 19.6 Å². The third-order valence-electron chi connectivity index (χ3n) is 6.31. The van der Waals surface area contributed by atoms with E-state index in [2.05, 4.69) is 14.9 Å². The zero-order chi connectivity index (χ0) is 21.4. The predicted molar refractivity (Wildman–Crippen MR) is 121 cm³/mol. The van der Waals surface area contributed by atoms with Crippen molar-refractivity contribution in [2.45, 2.75) is 31.8 Å². The zero-order valence-corrected chi connectivity index (χ0v) is 17.2. The van der Waals surface area contributed by atoms with Crippen molar-refractivity contribution in [2.24, 2.45) is 0 Å². The van der Waals surface area contributed by atoms with E-state index in [0.717, 1.165) is 49.9 Å². The molecule has 0 saturated carbocycles. The molecule has 2 aromatic heterocycles. The lowest BCUT2D eigenvalue weighted by Crippen LogP contribution is -2.40. The first kappa shape index (κ1) is 19.6. The number of imidazole rings is 1. The average Bonchev–Trinajstić information content (AvgIpc) is 3.10. The predicted octanol–water partition coefficient (Wildman–Crippen LogP) is 2.06. The summed E-state index contributed by atoms with van der Waals surface area (Å²) in [7, 11) is 0. The summed E-state index contributed by atoms with van der Waals surface area (Å²) in [4.78, 5) is 44.6. The molecule has 3 heterocycles. The van der Waals surface area contributed by atoms with Gasteiger partial charge in [-0.3, -0.25) is 18.9 Å². The van der Waals surface area contributed by atoms with E-state index in [1.807, 2.05) is 42.5 Å². The molecule has 1 saturated heterocycles. The number of aromatic nitrogens is 4. The number of H-pyrrole nitrogens is 2. The molecular formula is C23H25N5O3. The second-order valence-electron chi connectivity index (χ2n) is 8.17. The molecule has 0 radical (unpaired) electrons. The summed E-state index contributed by atoms with van der Waals surface area (Å²) in [6.45, 7) is 3.34. The summed E-state index contributed by atoms with van der Waals surface area (Å²) in [5.41, 5.74) is 1.78. The Bertz CT molecular complexity index is 1400. The second kappa shape index (κ2) is 8.03. The van der Waals surface area contributed by atoms with Crippen molar-refractivity contribution in [3.05, 3.63) is 79.9 Å². The van der Waals surface area contributed by atoms with Crippen LogP contribution in [0, 0.1) is 0 Å². The number of hydrogen-bond acceptors (Lipinski definition) is 4. The van der Waals surface area contributed by atoms with E-state index < -0.39 is 0 Å². The summed E-state index contributed by atoms with van der Waals surface area (Å²) in [6.07, 6.45) is 2.58. The zero-order valence-electron chi connectivity index (χ0n) is 17.2. The molecule has 0 spiro atoms. The normalized spacial score (nSPS) is 15.7. The van der Waals surface area contributed by atoms with Crippen LogP contribution in [0.5, 0.6) is 0 Å². The average molecular weight is 419 g/mol. The Hall–Kier alpha value is -3.39. The third-order valence-corrected chi connectivity index (χ3v) is 6.31. The Morgan fingerprint density at radius 3 is 2.32 bits per heavy atom. The van der Waals surface area contributed by atoms with Crippen LogP contribution < -0.4 is 16.9 Å². The first-order valence-corrected chi connectivity index (χ1v) is 10.8. The number of piperidine rings is 1. The van der Waals surface area contributed by atoms with Crippen LogP contribution in [0.2, 0.25) is 0 Å². The van der Waals surface area contributed by atoms with Gasteiger partial charge in [0.25, 0.3) is 5.56 Å². The van der Waals surface area contributed by atoms with Crippen LogP contribution in [-0.4, -0.2) is 43.6 Å². The molecule has 2 N–H and O–H groups in total. The van der Waals surface area contributed by atoms with Crippen LogP contribution in [-0.2, 0) is 6.54 Å². The summed E-state index contributed by atoms with van der Waals surface area (Å²) in [6, 6.07) is 15.1. The Morgan fingerprint density at radius 2 is 1.52 bits per heavy atom. The maximum absolute atomic E-state index is 12.5. The number of aryl methyl sites for hydroxylation is 1. The van der Waals surface area contributed by atoms with E-state index in [1.165, 1.54) is 0 Å². The maximum atomic E-state index is 12.5. The van der Waals surface area contributed by atoms with E-state index in [-0.39, 0.29) is 23.0 Å². The van der Waals surface area contributed by atoms with Gasteiger partial charge in [-0.05, 0) is 50.1 Å². The highest BCUT2D eigenvalue weighted by atomic mass is 16.2. The number of nitrogens with zero attached hydrogens (tertiary/aromatic N) is 3. The molecule has 1 fully saturated rings. The van der Waals surface area contributed by atoms with Gasteiger partial charge < -0.3 is 9.88 Å². The Balaban J connectivity index is 1.24. The summed E-state index contributed by atoms with van der Waals surface area (Å²) in [5, 5.41) is 0.550. The van der Waals surface area contributed by atoms with Crippen LogP contribution >= 0.6 is 0 Å². The Labute approximate surface area is 177 Å². The molecule has 31 heavy (non-hydrogen) atoms. The summed E-state index contributed by atoms with van der Waals surface area (Å²) in [5.74, 6) is 0. The lowest BCUT2D eigenvalue weighted by atomic mass is 10.0. The Morgan fingerprint density at radius 1 is 0.806 bits per heavy atom. The van der Waals surface area contributed by atoms with Crippen LogP contribution in [0.3, 0.4) is 0 Å². The van der Waals surface area contributed by atoms with Gasteiger partial charge in [-0.1, -0.05) is 24.3 Å². The highest BCUT2D eigenvalue weighted by Gasteiger charge is 2.23. The molecule has 2 aromatic carbocycles. The van der Waals surface area contributed by atoms with Crippen LogP contribution in [0.1, 0.15) is 25.3 Å². The van der Waals surface area contributed by atoms with Gasteiger partial charge in [0.2, 0.25) is 0 Å². The van der Waals surface area contributed by atoms with Crippen molar-refractivity contribution in [1.29, 1.82) is 0 Å². The largest absolute Gasteiger partial charge is 0.329 e. The van der Waals surface area contributed by atoms with Gasteiger partial charge in [0.05, 0.1) is 21.9 Å². The quantitative estimate of drug-likeness (QED) is 0.518. The fourth-order valence-corrected chi connectivity index (χ4v) is 4.75. The molecule has 1 aliphatic heterocycles. The van der Waals surface area contributed by atoms with E-state index >= 15 is 0 Å². The minimum absolute atomic E-state index is 0.0655. The van der Waals surface area contributed by atoms with Gasteiger partial charge in [0, 0.05) is 25.7 Å². The molecule has 0 atom stereocenters. The molecule has 0 unspecified atom stereocenters. The molecule has 8 nitrogen and oxygen atoms in total. The van der Waals surface area contributed by atoms with Crippen molar-refractivity contribution in [3.8, 4) is 0 Å². The van der Waals surface area contributed by atoms with Gasteiger partial charge in [-0.25, -0.2) is 9.59 Å². The van der Waals surface area contributed by atoms with Gasteiger partial charge in [0.1, 0.15) is 0 Å². The van der Waals surface area contributed by atoms with Gasteiger partial charge in [-0.15, -0.1) is 0 Å². The molecule has 160 valence electrons. The van der Waals surface area contributed by atoms with E-state index in [9.17, 15) is 14.4 Å². The number of benzene rings is 2.